The molecule has 0 aliphatic rings. The summed E-state index contributed by atoms with van der Waals surface area (Å²) < 4.78 is 31.3. The van der Waals surface area contributed by atoms with Crippen molar-refractivity contribution in [1.29, 1.82) is 0 Å². The van der Waals surface area contributed by atoms with Gasteiger partial charge in [0.25, 0.3) is 0 Å². The Labute approximate surface area is 165 Å². The first-order chi connectivity index (χ1) is 13.2. The van der Waals surface area contributed by atoms with Crippen LogP contribution >= 0.6 is 7.82 Å². The first-order valence-electron chi connectivity index (χ1n) is 9.08. The van der Waals surface area contributed by atoms with Crippen molar-refractivity contribution in [2.24, 2.45) is 0 Å². The molecule has 162 valence electrons. The van der Waals surface area contributed by atoms with Crippen LogP contribution in [0.2, 0.25) is 0 Å². The molecule has 2 atom stereocenters. The Balaban J connectivity index is 4.28. The summed E-state index contributed by atoms with van der Waals surface area (Å²) >= 11 is 0. The first-order valence-corrected chi connectivity index (χ1v) is 10.6. The lowest BCUT2D eigenvalue weighted by Crippen LogP contribution is -2.29. The molecule has 11 heteroatoms. The lowest BCUT2D eigenvalue weighted by molar-refractivity contribution is -0.160. The van der Waals surface area contributed by atoms with Gasteiger partial charge in [0, 0.05) is 25.8 Å². The molecule has 10 nitrogen and oxygen atoms in total. The number of hydrogen-bond acceptors (Lipinski definition) is 8. The van der Waals surface area contributed by atoms with Crippen LogP contribution in [0.3, 0.4) is 0 Å². The molecule has 0 spiro atoms. The molecule has 0 fully saturated rings. The van der Waals surface area contributed by atoms with E-state index in [1.54, 1.807) is 19.9 Å². The number of nitrogens with one attached hydrogen (secondary N) is 1. The van der Waals surface area contributed by atoms with Crippen LogP contribution in [0.5, 0.6) is 0 Å². The van der Waals surface area contributed by atoms with Crippen LogP contribution in [0.15, 0.2) is 12.7 Å². The highest BCUT2D eigenvalue weighted by Gasteiger charge is 2.25. The zero-order valence-corrected chi connectivity index (χ0v) is 17.3. The van der Waals surface area contributed by atoms with Crippen LogP contribution < -0.4 is 5.32 Å². The summed E-state index contributed by atoms with van der Waals surface area (Å²) in [5, 5.41) is 2.54. The maximum Gasteiger partial charge on any atom is 0.472 e. The van der Waals surface area contributed by atoms with Gasteiger partial charge in [0.15, 0.2) is 6.10 Å². The molecule has 0 aromatic carbocycles. The molecule has 0 aromatic heterocycles. The normalized spacial score (nSPS) is 13.8. The molecule has 0 aliphatic carbocycles. The Morgan fingerprint density at radius 1 is 1.14 bits per heavy atom. The van der Waals surface area contributed by atoms with Gasteiger partial charge in [0.1, 0.15) is 6.61 Å². The molecular weight excluding hydrogens is 393 g/mol. The third kappa shape index (κ3) is 14.3. The van der Waals surface area contributed by atoms with Crippen LogP contribution in [0, 0.1) is 0 Å². The molecule has 0 saturated heterocycles. The summed E-state index contributed by atoms with van der Waals surface area (Å²) in [7, 11) is -4.43. The van der Waals surface area contributed by atoms with Gasteiger partial charge in [-0.1, -0.05) is 19.9 Å². The number of hydrogen-bond donors (Lipinski definition) is 2. The molecule has 0 aliphatic heterocycles. The Morgan fingerprint density at radius 3 is 2.43 bits per heavy atom. The lowest BCUT2D eigenvalue weighted by atomic mass is 10.2. The summed E-state index contributed by atoms with van der Waals surface area (Å²) in [5.41, 5.74) is 0. The second-order valence-corrected chi connectivity index (χ2v) is 7.08. The minimum atomic E-state index is -4.43. The van der Waals surface area contributed by atoms with Crippen molar-refractivity contribution < 1.29 is 42.4 Å². The minimum Gasteiger partial charge on any atom is -0.462 e. The number of unbranched alkanes of at least 4 members (excludes halogenated alkanes) is 1. The predicted octanol–water partition coefficient (Wildman–Crippen LogP) is 1.87. The third-order valence-corrected chi connectivity index (χ3v) is 4.20. The summed E-state index contributed by atoms with van der Waals surface area (Å²) in [6.45, 7) is 5.71. The van der Waals surface area contributed by atoms with Gasteiger partial charge in [-0.05, 0) is 12.8 Å². The van der Waals surface area contributed by atoms with Gasteiger partial charge in [-0.15, -0.1) is 6.58 Å². The van der Waals surface area contributed by atoms with Crippen molar-refractivity contribution >= 4 is 25.7 Å². The van der Waals surface area contributed by atoms with Crippen molar-refractivity contribution in [3.8, 4) is 0 Å². The zero-order chi connectivity index (χ0) is 21.4. The number of rotatable bonds is 16. The van der Waals surface area contributed by atoms with Gasteiger partial charge in [-0.25, -0.2) is 4.57 Å². The number of amides is 1. The number of allylic oxidation sites excluding steroid dienone is 1. The molecule has 0 rings (SSSR count). The van der Waals surface area contributed by atoms with E-state index in [4.69, 9.17) is 18.5 Å². The zero-order valence-electron chi connectivity index (χ0n) is 16.4. The monoisotopic (exact) mass is 423 g/mol. The summed E-state index contributed by atoms with van der Waals surface area (Å²) in [6, 6.07) is 0. The van der Waals surface area contributed by atoms with Crippen molar-refractivity contribution in [2.45, 2.75) is 52.1 Å². The molecular formula is C17H30NO9P. The standard InChI is InChI=1S/C17H30NO9P/c1-4-7-8-9-15(19)18-10-11-25-28(22,23)26-13-14(27-17(21)6-3)12-24-16(20)5-2/h4,14H,1,5-13H2,2-3H3,(H,18,19)(H,22,23)/t14-/m1/s1. The van der Waals surface area contributed by atoms with Crippen LogP contribution in [-0.4, -0.2) is 55.2 Å². The maximum atomic E-state index is 11.9. The van der Waals surface area contributed by atoms with Gasteiger partial charge < -0.3 is 19.7 Å². The number of carbonyl (C=O) groups excluding carboxylic acids is 3. The minimum absolute atomic E-state index is 0.0309. The number of phosphoric acid groups is 1. The smallest absolute Gasteiger partial charge is 0.462 e. The molecule has 0 aromatic rings. The van der Waals surface area contributed by atoms with Crippen molar-refractivity contribution in [3.05, 3.63) is 12.7 Å². The fourth-order valence-electron chi connectivity index (χ4n) is 1.73. The summed E-state index contributed by atoms with van der Waals surface area (Å²) in [5.74, 6) is -1.29. The quantitative estimate of drug-likeness (QED) is 0.165. The molecule has 0 saturated carbocycles. The van der Waals surface area contributed by atoms with Gasteiger partial charge in [-0.2, -0.15) is 0 Å². The molecule has 0 radical (unpaired) electrons. The van der Waals surface area contributed by atoms with Gasteiger partial charge in [-0.3, -0.25) is 23.4 Å². The average molecular weight is 423 g/mol. The lowest BCUT2D eigenvalue weighted by Gasteiger charge is -2.19. The van der Waals surface area contributed by atoms with Gasteiger partial charge in [0.05, 0.1) is 13.2 Å². The highest BCUT2D eigenvalue weighted by Crippen LogP contribution is 2.43. The van der Waals surface area contributed by atoms with E-state index in [0.29, 0.717) is 12.8 Å². The number of phosphoric ester groups is 1. The Hall–Kier alpha value is -1.74. The Bertz CT molecular complexity index is 553. The Morgan fingerprint density at radius 2 is 1.82 bits per heavy atom. The molecule has 1 amide bonds. The van der Waals surface area contributed by atoms with Crippen LogP contribution in [0.25, 0.3) is 0 Å². The van der Waals surface area contributed by atoms with Crippen LogP contribution in [-0.2, 0) is 37.5 Å². The molecule has 28 heavy (non-hydrogen) atoms. The average Bonchev–Trinajstić information content (AvgIpc) is 2.67. The van der Waals surface area contributed by atoms with E-state index in [2.05, 4.69) is 11.9 Å². The van der Waals surface area contributed by atoms with Crippen LogP contribution in [0.4, 0.5) is 0 Å². The van der Waals surface area contributed by atoms with E-state index >= 15 is 0 Å². The summed E-state index contributed by atoms with van der Waals surface area (Å²) in [6.07, 6.45) is 2.59. The molecule has 1 unspecified atom stereocenters. The summed E-state index contributed by atoms with van der Waals surface area (Å²) in [4.78, 5) is 43.8. The second kappa shape index (κ2) is 15.2. The SMILES string of the molecule is C=CCCCC(=O)NCCOP(=O)(O)OC[C@@H](COC(=O)CC)OC(=O)CC. The first kappa shape index (κ1) is 26.3. The third-order valence-electron chi connectivity index (χ3n) is 3.22. The highest BCUT2D eigenvalue weighted by molar-refractivity contribution is 7.47. The Kier molecular flexibility index (Phi) is 14.3. The largest absolute Gasteiger partial charge is 0.472 e. The topological polar surface area (TPSA) is 137 Å². The van der Waals surface area contributed by atoms with E-state index < -0.39 is 32.5 Å². The molecule has 0 bridgehead atoms. The number of esters is 2. The number of carbonyl (C=O) groups is 3. The van der Waals surface area contributed by atoms with Crippen LogP contribution in [0.1, 0.15) is 46.0 Å². The van der Waals surface area contributed by atoms with Gasteiger partial charge >= 0.3 is 19.8 Å². The molecule has 2 N–H and O–H groups in total. The van der Waals surface area contributed by atoms with Crippen molar-refractivity contribution in [2.75, 3.05) is 26.4 Å². The second-order valence-electron chi connectivity index (χ2n) is 5.63. The van der Waals surface area contributed by atoms with E-state index in [9.17, 15) is 23.8 Å². The van der Waals surface area contributed by atoms with Gasteiger partial charge in [0.2, 0.25) is 5.91 Å². The van der Waals surface area contributed by atoms with Crippen molar-refractivity contribution in [1.82, 2.24) is 5.32 Å². The fraction of sp³-hybridized carbons (Fsp3) is 0.706. The maximum absolute atomic E-state index is 11.9. The van der Waals surface area contributed by atoms with E-state index in [1.165, 1.54) is 0 Å². The van der Waals surface area contributed by atoms with E-state index in [0.717, 1.165) is 6.42 Å². The van der Waals surface area contributed by atoms with E-state index in [-0.39, 0.29) is 38.5 Å². The predicted molar refractivity (Wildman–Crippen MR) is 100 cm³/mol. The van der Waals surface area contributed by atoms with E-state index in [1.807, 2.05) is 0 Å². The van der Waals surface area contributed by atoms with Crippen molar-refractivity contribution in [3.63, 3.8) is 0 Å². The molecule has 0 heterocycles. The fourth-order valence-corrected chi connectivity index (χ4v) is 2.49. The number of ether oxygens (including phenoxy) is 2. The highest BCUT2D eigenvalue weighted by atomic mass is 31.2.